The molecule has 1 aromatic heterocycles. The number of fused-ring (bicyclic) bond motifs is 1. The van der Waals surface area contributed by atoms with Gasteiger partial charge in [-0.05, 0) is 36.8 Å². The lowest BCUT2D eigenvalue weighted by Gasteiger charge is -2.29. The second-order valence-corrected chi connectivity index (χ2v) is 6.91. The van der Waals surface area contributed by atoms with E-state index in [-0.39, 0.29) is 24.3 Å². The average molecular weight is 391 g/mol. The maximum Gasteiger partial charge on any atom is 0.266 e. The van der Waals surface area contributed by atoms with Gasteiger partial charge in [-0.3, -0.25) is 9.59 Å². The van der Waals surface area contributed by atoms with Crippen LogP contribution in [0.3, 0.4) is 0 Å². The van der Waals surface area contributed by atoms with E-state index in [1.165, 1.54) is 6.33 Å². The Hall–Kier alpha value is -3.68. The first-order valence-electron chi connectivity index (χ1n) is 9.30. The van der Waals surface area contributed by atoms with Gasteiger partial charge >= 0.3 is 0 Å². The molecule has 0 radical (unpaired) electrons. The lowest BCUT2D eigenvalue weighted by Crippen LogP contribution is -2.41. The van der Waals surface area contributed by atoms with Crippen molar-refractivity contribution in [2.75, 3.05) is 12.4 Å². The van der Waals surface area contributed by atoms with Crippen molar-refractivity contribution >= 4 is 17.5 Å². The van der Waals surface area contributed by atoms with Gasteiger partial charge in [-0.25, -0.2) is 9.67 Å². The van der Waals surface area contributed by atoms with Gasteiger partial charge in [0.05, 0.1) is 23.8 Å². The Morgan fingerprint density at radius 2 is 2.00 bits per heavy atom. The number of hydrogen-bond donors (Lipinski definition) is 1. The van der Waals surface area contributed by atoms with Crippen LogP contribution >= 0.6 is 0 Å². The van der Waals surface area contributed by atoms with Crippen LogP contribution in [0, 0.1) is 0 Å². The molecule has 8 nitrogen and oxygen atoms in total. The second-order valence-electron chi connectivity index (χ2n) is 6.91. The molecule has 3 aromatic rings. The summed E-state index contributed by atoms with van der Waals surface area (Å²) in [6.45, 7) is 1.94. The van der Waals surface area contributed by atoms with Gasteiger partial charge in [-0.2, -0.15) is 5.10 Å². The van der Waals surface area contributed by atoms with Crippen LogP contribution in [0.1, 0.15) is 24.9 Å². The maximum atomic E-state index is 12.8. The van der Waals surface area contributed by atoms with Gasteiger partial charge in [0.1, 0.15) is 18.4 Å². The summed E-state index contributed by atoms with van der Waals surface area (Å²) in [4.78, 5) is 30.6. The van der Waals surface area contributed by atoms with Gasteiger partial charge in [0.25, 0.3) is 5.91 Å². The molecular weight excluding hydrogens is 370 g/mol. The zero-order chi connectivity index (χ0) is 20.4. The predicted molar refractivity (Wildman–Crippen MR) is 107 cm³/mol. The van der Waals surface area contributed by atoms with Gasteiger partial charge in [-0.1, -0.05) is 24.3 Å². The van der Waals surface area contributed by atoms with Crippen LogP contribution < -0.4 is 10.1 Å². The Morgan fingerprint density at radius 3 is 2.72 bits per heavy atom. The van der Waals surface area contributed by atoms with E-state index in [9.17, 15) is 9.59 Å². The van der Waals surface area contributed by atoms with Gasteiger partial charge in [0.15, 0.2) is 6.10 Å². The van der Waals surface area contributed by atoms with Crippen LogP contribution in [-0.4, -0.2) is 44.6 Å². The number of nitrogens with zero attached hydrogens (tertiary/aromatic N) is 4. The molecular formula is C21H21N5O3. The van der Waals surface area contributed by atoms with E-state index in [0.29, 0.717) is 11.4 Å². The second kappa shape index (κ2) is 7.75. The van der Waals surface area contributed by atoms with Gasteiger partial charge < -0.3 is 15.0 Å². The molecule has 0 saturated carbocycles. The number of ether oxygens (including phenoxy) is 1. The molecule has 0 unspecified atom stereocenters. The fraction of sp³-hybridized carbons (Fsp3) is 0.238. The van der Waals surface area contributed by atoms with Crippen molar-refractivity contribution in [1.82, 2.24) is 19.7 Å². The zero-order valence-electron chi connectivity index (χ0n) is 16.1. The van der Waals surface area contributed by atoms with E-state index in [1.54, 1.807) is 35.1 Å². The number of rotatable bonds is 5. The van der Waals surface area contributed by atoms with Crippen molar-refractivity contribution in [3.8, 4) is 11.4 Å². The molecule has 29 heavy (non-hydrogen) atoms. The molecule has 2 aromatic carbocycles. The number of benzene rings is 2. The fourth-order valence-corrected chi connectivity index (χ4v) is 3.22. The van der Waals surface area contributed by atoms with Crippen LogP contribution in [-0.2, 0) is 9.59 Å². The number of hydrogen-bond acceptors (Lipinski definition) is 5. The number of para-hydroxylation sites is 2. The summed E-state index contributed by atoms with van der Waals surface area (Å²) in [5.41, 5.74) is 2.48. The molecule has 1 aliphatic rings. The van der Waals surface area contributed by atoms with Crippen LogP contribution in [0.25, 0.3) is 5.69 Å². The van der Waals surface area contributed by atoms with E-state index in [4.69, 9.17) is 4.74 Å². The van der Waals surface area contributed by atoms with Gasteiger partial charge in [-0.15, -0.1) is 0 Å². The van der Waals surface area contributed by atoms with E-state index in [0.717, 1.165) is 11.3 Å². The Labute approximate surface area is 168 Å². The number of amides is 2. The molecule has 148 valence electrons. The molecule has 2 atom stereocenters. The van der Waals surface area contributed by atoms with Crippen molar-refractivity contribution < 1.29 is 14.3 Å². The van der Waals surface area contributed by atoms with E-state index < -0.39 is 6.10 Å². The van der Waals surface area contributed by atoms with Gasteiger partial charge in [0, 0.05) is 7.05 Å². The first-order valence-corrected chi connectivity index (χ1v) is 9.30. The molecule has 1 N–H and O–H groups in total. The Bertz CT molecular complexity index is 1020. The molecule has 0 saturated heterocycles. The summed E-state index contributed by atoms with van der Waals surface area (Å²) in [6, 6.07) is 14.8. The Morgan fingerprint density at radius 1 is 1.24 bits per heavy atom. The van der Waals surface area contributed by atoms with Crippen molar-refractivity contribution in [2.45, 2.75) is 25.5 Å². The molecule has 2 heterocycles. The van der Waals surface area contributed by atoms with Crippen LogP contribution in [0.2, 0.25) is 0 Å². The lowest BCUT2D eigenvalue weighted by atomic mass is 10.1. The minimum absolute atomic E-state index is 0.0297. The first kappa shape index (κ1) is 18.7. The minimum Gasteiger partial charge on any atom is -0.478 e. The van der Waals surface area contributed by atoms with Crippen molar-refractivity contribution in [1.29, 1.82) is 0 Å². The fourth-order valence-electron chi connectivity index (χ4n) is 3.22. The largest absolute Gasteiger partial charge is 0.478 e. The first-order chi connectivity index (χ1) is 14.0. The summed E-state index contributed by atoms with van der Waals surface area (Å²) in [7, 11) is 1.73. The van der Waals surface area contributed by atoms with Crippen LogP contribution in [0.5, 0.6) is 5.75 Å². The minimum atomic E-state index is -0.846. The quantitative estimate of drug-likeness (QED) is 0.722. The maximum absolute atomic E-state index is 12.8. The van der Waals surface area contributed by atoms with E-state index in [2.05, 4.69) is 15.4 Å². The normalized spacial score (nSPS) is 16.3. The van der Waals surface area contributed by atoms with E-state index in [1.807, 2.05) is 43.3 Å². The number of anilines is 1. The van der Waals surface area contributed by atoms with Crippen molar-refractivity contribution in [3.63, 3.8) is 0 Å². The van der Waals surface area contributed by atoms with Crippen molar-refractivity contribution in [2.24, 2.45) is 0 Å². The average Bonchev–Trinajstić information content (AvgIpc) is 3.28. The summed E-state index contributed by atoms with van der Waals surface area (Å²) < 4.78 is 7.40. The highest BCUT2D eigenvalue weighted by molar-refractivity contribution is 5.99. The topological polar surface area (TPSA) is 89.3 Å². The number of nitrogens with one attached hydrogen (secondary N) is 1. The molecule has 0 bridgehead atoms. The molecule has 2 amide bonds. The lowest BCUT2D eigenvalue weighted by molar-refractivity contribution is -0.137. The monoisotopic (exact) mass is 391 g/mol. The standard InChI is InChI=1S/C21H21N5O3/c1-14(15-7-9-16(10-8-15)26-13-22-12-23-26)25(2)20(27)11-19-21(28)24-17-5-3-4-6-18(17)29-19/h3-10,12-14,19H,11H2,1-2H3,(H,24,28)/t14-,19+/m0/s1. The molecule has 0 spiro atoms. The Kier molecular flexibility index (Phi) is 4.99. The number of carbonyl (C=O) groups excluding carboxylic acids is 2. The molecule has 8 heteroatoms. The highest BCUT2D eigenvalue weighted by atomic mass is 16.5. The molecule has 4 rings (SSSR count). The van der Waals surface area contributed by atoms with Crippen LogP contribution in [0.15, 0.2) is 61.2 Å². The third-order valence-electron chi connectivity index (χ3n) is 5.10. The molecule has 0 aliphatic carbocycles. The van der Waals surface area contributed by atoms with E-state index >= 15 is 0 Å². The third kappa shape index (κ3) is 3.82. The molecule has 0 fully saturated rings. The van der Waals surface area contributed by atoms with Gasteiger partial charge in [0.2, 0.25) is 5.91 Å². The molecule has 1 aliphatic heterocycles. The third-order valence-corrected chi connectivity index (χ3v) is 5.10. The highest BCUT2D eigenvalue weighted by Gasteiger charge is 2.31. The SMILES string of the molecule is C[C@@H](c1ccc(-n2cncn2)cc1)N(C)C(=O)C[C@H]1Oc2ccccc2NC1=O. The number of carbonyl (C=O) groups is 2. The smallest absolute Gasteiger partial charge is 0.266 e. The Balaban J connectivity index is 1.42. The zero-order valence-corrected chi connectivity index (χ0v) is 16.1. The summed E-state index contributed by atoms with van der Waals surface area (Å²) >= 11 is 0. The number of aromatic nitrogens is 3. The predicted octanol–water partition coefficient (Wildman–Crippen LogP) is 2.58. The summed E-state index contributed by atoms with van der Waals surface area (Å²) in [5, 5.41) is 6.89. The highest BCUT2D eigenvalue weighted by Crippen LogP contribution is 2.30. The van der Waals surface area contributed by atoms with Crippen molar-refractivity contribution in [3.05, 3.63) is 66.7 Å². The summed E-state index contributed by atoms with van der Waals surface area (Å²) in [6.07, 6.45) is 2.23. The van der Waals surface area contributed by atoms with Crippen LogP contribution in [0.4, 0.5) is 5.69 Å². The summed E-state index contributed by atoms with van der Waals surface area (Å²) in [5.74, 6) is 0.0944.